The van der Waals surface area contributed by atoms with Gasteiger partial charge in [-0.3, -0.25) is 9.59 Å². The third-order valence-electron chi connectivity index (χ3n) is 13.6. The summed E-state index contributed by atoms with van der Waals surface area (Å²) in [5.74, 6) is -0.206. The van der Waals surface area contributed by atoms with Gasteiger partial charge in [-0.25, -0.2) is 0 Å². The number of allylic oxidation sites excluding steroid dienone is 3. The van der Waals surface area contributed by atoms with E-state index in [9.17, 15) is 35.1 Å². The van der Waals surface area contributed by atoms with Crippen molar-refractivity contribution in [3.8, 4) is 0 Å². The largest absolute Gasteiger partial charge is 0.466 e. The molecular weight excluding hydrogens is 859 g/mol. The van der Waals surface area contributed by atoms with Gasteiger partial charge in [-0.15, -0.1) is 0 Å². The number of hydrogen-bond acceptors (Lipinski definition) is 10. The summed E-state index contributed by atoms with van der Waals surface area (Å²) >= 11 is 0. The van der Waals surface area contributed by atoms with E-state index in [-0.39, 0.29) is 18.5 Å². The molecule has 0 aromatic heterocycles. The molecule has 11 heteroatoms. The van der Waals surface area contributed by atoms with E-state index in [2.05, 4.69) is 31.3 Å². The van der Waals surface area contributed by atoms with Gasteiger partial charge in [-0.1, -0.05) is 218 Å². The second-order valence-corrected chi connectivity index (χ2v) is 20.0. The zero-order chi connectivity index (χ0) is 49.6. The quantitative estimate of drug-likeness (QED) is 0.0196. The molecule has 0 aromatic rings. The number of esters is 1. The van der Waals surface area contributed by atoms with Gasteiger partial charge in [0, 0.05) is 12.8 Å². The molecule has 11 nitrogen and oxygen atoms in total. The van der Waals surface area contributed by atoms with E-state index >= 15 is 0 Å². The molecule has 7 unspecified atom stereocenters. The van der Waals surface area contributed by atoms with E-state index in [1.54, 1.807) is 6.08 Å². The second kappa shape index (κ2) is 47.5. The highest BCUT2D eigenvalue weighted by Crippen LogP contribution is 2.23. The maximum absolute atomic E-state index is 13.0. The van der Waals surface area contributed by atoms with E-state index in [1.165, 1.54) is 173 Å². The first kappa shape index (κ1) is 64.2. The van der Waals surface area contributed by atoms with Crippen molar-refractivity contribution in [2.24, 2.45) is 0 Å². The van der Waals surface area contributed by atoms with Gasteiger partial charge in [0.1, 0.15) is 24.4 Å². The summed E-state index contributed by atoms with van der Waals surface area (Å²) in [5, 5.41) is 54.2. The first-order valence-corrected chi connectivity index (χ1v) is 28.6. The van der Waals surface area contributed by atoms with Crippen LogP contribution in [0.15, 0.2) is 24.3 Å². The molecular formula is C57H107NO10. The topological polar surface area (TPSA) is 175 Å². The molecule has 0 saturated carbocycles. The van der Waals surface area contributed by atoms with Crippen molar-refractivity contribution in [2.75, 3.05) is 19.8 Å². The molecule has 1 aliphatic rings. The molecule has 400 valence electrons. The number of carbonyl (C=O) groups excluding carboxylic acids is 2. The van der Waals surface area contributed by atoms with Crippen molar-refractivity contribution in [1.29, 1.82) is 0 Å². The zero-order valence-electron chi connectivity index (χ0n) is 43.8. The van der Waals surface area contributed by atoms with Crippen LogP contribution in [-0.4, -0.2) is 100 Å². The minimum absolute atomic E-state index is 0.0179. The molecule has 0 radical (unpaired) electrons. The lowest BCUT2D eigenvalue weighted by molar-refractivity contribution is -0.302. The van der Waals surface area contributed by atoms with Gasteiger partial charge in [0.15, 0.2) is 6.29 Å². The van der Waals surface area contributed by atoms with E-state index in [4.69, 9.17) is 14.2 Å². The number of aliphatic hydroxyl groups is 5. The number of rotatable bonds is 49. The van der Waals surface area contributed by atoms with Crippen LogP contribution in [0.5, 0.6) is 0 Å². The summed E-state index contributed by atoms with van der Waals surface area (Å²) < 4.78 is 16.7. The average Bonchev–Trinajstić information content (AvgIpc) is 3.33. The highest BCUT2D eigenvalue weighted by Gasteiger charge is 2.44. The van der Waals surface area contributed by atoms with E-state index in [0.29, 0.717) is 19.4 Å². The fourth-order valence-electron chi connectivity index (χ4n) is 8.96. The van der Waals surface area contributed by atoms with E-state index in [0.717, 1.165) is 64.2 Å². The van der Waals surface area contributed by atoms with Crippen molar-refractivity contribution in [2.45, 2.75) is 307 Å². The molecule has 7 atom stereocenters. The van der Waals surface area contributed by atoms with Gasteiger partial charge in [0.2, 0.25) is 5.91 Å². The van der Waals surface area contributed by atoms with Gasteiger partial charge >= 0.3 is 5.97 Å². The third-order valence-corrected chi connectivity index (χ3v) is 13.6. The molecule has 1 saturated heterocycles. The molecule has 6 N–H and O–H groups in total. The Kier molecular flexibility index (Phi) is 44.8. The molecule has 0 bridgehead atoms. The van der Waals surface area contributed by atoms with Crippen molar-refractivity contribution >= 4 is 11.9 Å². The lowest BCUT2D eigenvalue weighted by Gasteiger charge is -2.40. The normalized spacial score (nSPS) is 19.5. The Labute approximate surface area is 416 Å². The lowest BCUT2D eigenvalue weighted by Crippen LogP contribution is -2.60. The van der Waals surface area contributed by atoms with Crippen molar-refractivity contribution < 1.29 is 49.3 Å². The molecule has 0 aliphatic carbocycles. The standard InChI is InChI=1S/C57H107NO10/c1-3-5-7-9-11-13-14-21-25-29-33-37-41-45-53(62)66-46-42-38-34-30-26-23-20-18-16-15-17-19-22-24-28-32-36-40-44-52(61)58-49(50(60)43-39-35-31-27-12-10-8-6-4-2)48-67-57-56(65)55(64)54(63)51(47-59)68-57/h13-14,39,43,49-51,54-57,59-60,63-65H,3-12,15-38,40-42,44-48H2,1-2H3,(H,58,61)/b14-13-,43-39+. The SMILES string of the molecule is CCCCCC/C=C\CCCCCCCC(=O)OCCCCCCCCCCCCCCCCCCCCC(=O)NC(COC1OC(CO)C(O)C(O)C1O)C(O)/C=C/CCCCCCCCC. The first-order chi connectivity index (χ1) is 33.2. The monoisotopic (exact) mass is 966 g/mol. The Hall–Kier alpha value is -1.86. The highest BCUT2D eigenvalue weighted by atomic mass is 16.7. The molecule has 1 rings (SSSR count). The third kappa shape index (κ3) is 37.0. The molecule has 1 aliphatic heterocycles. The van der Waals surface area contributed by atoms with Crippen molar-refractivity contribution in [1.82, 2.24) is 5.32 Å². The lowest BCUT2D eigenvalue weighted by atomic mass is 9.99. The number of carbonyl (C=O) groups is 2. The fraction of sp³-hybridized carbons (Fsp3) is 0.895. The van der Waals surface area contributed by atoms with Crippen LogP contribution < -0.4 is 5.32 Å². The van der Waals surface area contributed by atoms with Crippen LogP contribution in [0, 0.1) is 0 Å². The summed E-state index contributed by atoms with van der Waals surface area (Å²) in [5.41, 5.74) is 0. The summed E-state index contributed by atoms with van der Waals surface area (Å²) in [7, 11) is 0. The van der Waals surface area contributed by atoms with Crippen LogP contribution in [-0.2, 0) is 23.8 Å². The summed E-state index contributed by atoms with van der Waals surface area (Å²) in [6.45, 7) is 4.28. The van der Waals surface area contributed by atoms with Crippen LogP contribution in [0.25, 0.3) is 0 Å². The van der Waals surface area contributed by atoms with Crippen molar-refractivity contribution in [3.05, 3.63) is 24.3 Å². The average molecular weight is 966 g/mol. The zero-order valence-corrected chi connectivity index (χ0v) is 43.8. The molecule has 68 heavy (non-hydrogen) atoms. The molecule has 1 fully saturated rings. The predicted molar refractivity (Wildman–Crippen MR) is 278 cm³/mol. The van der Waals surface area contributed by atoms with Crippen LogP contribution in [0.1, 0.15) is 264 Å². The number of aliphatic hydroxyl groups excluding tert-OH is 5. The Morgan fingerprint density at radius 1 is 0.529 bits per heavy atom. The van der Waals surface area contributed by atoms with Crippen LogP contribution in [0.2, 0.25) is 0 Å². The van der Waals surface area contributed by atoms with Crippen LogP contribution >= 0.6 is 0 Å². The highest BCUT2D eigenvalue weighted by molar-refractivity contribution is 5.76. The molecule has 1 amide bonds. The number of unbranched alkanes of at least 4 members (excludes halogenated alkanes) is 33. The van der Waals surface area contributed by atoms with Gasteiger partial charge in [0.25, 0.3) is 0 Å². The predicted octanol–water partition coefficient (Wildman–Crippen LogP) is 12.6. The number of ether oxygens (including phenoxy) is 3. The smallest absolute Gasteiger partial charge is 0.305 e. The Balaban J connectivity index is 2.04. The number of nitrogens with one attached hydrogen (secondary N) is 1. The second-order valence-electron chi connectivity index (χ2n) is 20.0. The van der Waals surface area contributed by atoms with Crippen LogP contribution in [0.4, 0.5) is 0 Å². The number of hydrogen-bond donors (Lipinski definition) is 6. The minimum Gasteiger partial charge on any atom is -0.466 e. The van der Waals surface area contributed by atoms with E-state index in [1.807, 2.05) is 6.08 Å². The summed E-state index contributed by atoms with van der Waals surface area (Å²) in [6.07, 6.45) is 45.6. The number of amides is 1. The van der Waals surface area contributed by atoms with Gasteiger partial charge in [-0.05, 0) is 57.8 Å². The first-order valence-electron chi connectivity index (χ1n) is 28.6. The molecule has 1 heterocycles. The van der Waals surface area contributed by atoms with E-state index < -0.39 is 49.5 Å². The Morgan fingerprint density at radius 3 is 1.43 bits per heavy atom. The van der Waals surface area contributed by atoms with Gasteiger partial charge < -0.3 is 45.1 Å². The summed E-state index contributed by atoms with van der Waals surface area (Å²) in [4.78, 5) is 25.0. The molecule has 0 aromatic carbocycles. The van der Waals surface area contributed by atoms with Gasteiger partial charge in [0.05, 0.1) is 32.0 Å². The van der Waals surface area contributed by atoms with Crippen LogP contribution in [0.3, 0.4) is 0 Å². The van der Waals surface area contributed by atoms with Crippen molar-refractivity contribution in [3.63, 3.8) is 0 Å². The maximum Gasteiger partial charge on any atom is 0.305 e. The fourth-order valence-corrected chi connectivity index (χ4v) is 8.96. The summed E-state index contributed by atoms with van der Waals surface area (Å²) in [6, 6.07) is -0.811. The minimum atomic E-state index is -1.57. The Morgan fingerprint density at radius 2 is 0.941 bits per heavy atom. The van der Waals surface area contributed by atoms with Gasteiger partial charge in [-0.2, -0.15) is 0 Å². The maximum atomic E-state index is 13.0. The molecule has 0 spiro atoms. The Bertz CT molecular complexity index is 1180.